The van der Waals surface area contributed by atoms with Gasteiger partial charge >= 0.3 is 6.09 Å². The lowest BCUT2D eigenvalue weighted by atomic mass is 10.1. The maximum atomic E-state index is 14.1. The van der Waals surface area contributed by atoms with E-state index in [9.17, 15) is 14.0 Å². The van der Waals surface area contributed by atoms with Gasteiger partial charge in [0.2, 0.25) is 5.95 Å². The molecule has 1 aliphatic heterocycles. The van der Waals surface area contributed by atoms with Crippen molar-refractivity contribution in [2.75, 3.05) is 24.1 Å². The van der Waals surface area contributed by atoms with Crippen LogP contribution in [-0.2, 0) is 4.74 Å². The number of benzene rings is 1. The summed E-state index contributed by atoms with van der Waals surface area (Å²) in [5.41, 5.74) is 5.82. The molecule has 192 valence electrons. The maximum absolute atomic E-state index is 14.1. The lowest BCUT2D eigenvalue weighted by Gasteiger charge is -2.34. The third kappa shape index (κ3) is 5.39. The van der Waals surface area contributed by atoms with E-state index in [1.54, 1.807) is 11.0 Å². The summed E-state index contributed by atoms with van der Waals surface area (Å²) in [5.74, 6) is -0.283. The number of nitrogens with zero attached hydrogens (tertiary/aromatic N) is 5. The molecule has 0 spiro atoms. The summed E-state index contributed by atoms with van der Waals surface area (Å²) in [7, 11) is 0. The van der Waals surface area contributed by atoms with Gasteiger partial charge in [0, 0.05) is 30.7 Å². The summed E-state index contributed by atoms with van der Waals surface area (Å²) >= 11 is 0. The first-order chi connectivity index (χ1) is 16.9. The van der Waals surface area contributed by atoms with Crippen LogP contribution in [0.3, 0.4) is 0 Å². The minimum Gasteiger partial charge on any atom is -0.444 e. The van der Waals surface area contributed by atoms with E-state index in [1.807, 2.05) is 34.6 Å². The van der Waals surface area contributed by atoms with Gasteiger partial charge in [-0.15, -0.1) is 0 Å². The average molecular weight is 498 g/mol. The van der Waals surface area contributed by atoms with Crippen molar-refractivity contribution in [2.24, 2.45) is 0 Å². The number of carbonyl (C=O) groups is 1. The van der Waals surface area contributed by atoms with E-state index in [2.05, 4.69) is 20.3 Å². The van der Waals surface area contributed by atoms with Crippen LogP contribution in [-0.4, -0.2) is 55.2 Å². The zero-order valence-corrected chi connectivity index (χ0v) is 21.2. The minimum atomic E-state index is -0.617. The molecule has 1 atom stereocenters. The number of piperidine rings is 1. The second kappa shape index (κ2) is 9.71. The van der Waals surface area contributed by atoms with Crippen molar-refractivity contribution in [3.05, 3.63) is 40.6 Å². The van der Waals surface area contributed by atoms with Gasteiger partial charge in [-0.1, -0.05) is 6.07 Å². The van der Waals surface area contributed by atoms with E-state index in [4.69, 9.17) is 10.5 Å². The number of nitrogens with two attached hydrogens (primary N) is 1. The number of fused-ring (bicyclic) bond motifs is 1. The third-order valence-electron chi connectivity index (χ3n) is 5.83. The fourth-order valence-corrected chi connectivity index (χ4v) is 4.18. The van der Waals surface area contributed by atoms with Crippen LogP contribution in [0.15, 0.2) is 29.2 Å². The molecule has 0 aliphatic carbocycles. The molecule has 1 saturated heterocycles. The molecule has 36 heavy (non-hydrogen) atoms. The average Bonchev–Trinajstić information content (AvgIpc) is 2.79. The van der Waals surface area contributed by atoms with Crippen LogP contribution in [0.25, 0.3) is 22.4 Å². The minimum absolute atomic E-state index is 0.00396. The Kier molecular flexibility index (Phi) is 6.83. The first kappa shape index (κ1) is 25.3. The lowest BCUT2D eigenvalue weighted by molar-refractivity contribution is 0.0206. The highest BCUT2D eigenvalue weighted by atomic mass is 19.1. The van der Waals surface area contributed by atoms with E-state index in [0.29, 0.717) is 35.8 Å². The van der Waals surface area contributed by atoms with Gasteiger partial charge in [0.25, 0.3) is 5.56 Å². The summed E-state index contributed by atoms with van der Waals surface area (Å²) in [6.07, 6.45) is 2.83. The lowest BCUT2D eigenvalue weighted by Crippen LogP contribution is -2.47. The third-order valence-corrected chi connectivity index (χ3v) is 5.83. The van der Waals surface area contributed by atoms with Gasteiger partial charge in [0.1, 0.15) is 22.6 Å². The Morgan fingerprint density at radius 2 is 2.03 bits per heavy atom. The number of amides is 1. The number of aromatic nitrogens is 4. The Balaban J connectivity index is 1.64. The van der Waals surface area contributed by atoms with E-state index < -0.39 is 11.4 Å². The second-order valence-electron chi connectivity index (χ2n) is 10.3. The standard InChI is InChI=1S/C25H32FN7O3/c1-14(2)33-21-19(30-20(22(33)34)15-8-9-18(27)17(26)11-15)12-28-23(31-21)29-16-7-6-10-32(13-16)24(35)36-25(3,4)5/h8-9,11-12,14,16H,6-7,10,13,27H2,1-5H3,(H,28,29,31)/t16-/m0/s1. The number of halogens is 1. The monoisotopic (exact) mass is 497 g/mol. The second-order valence-corrected chi connectivity index (χ2v) is 10.3. The van der Waals surface area contributed by atoms with Gasteiger partial charge < -0.3 is 20.7 Å². The topological polar surface area (TPSA) is 128 Å². The molecule has 10 nitrogen and oxygen atoms in total. The van der Waals surface area contributed by atoms with Gasteiger partial charge in [-0.05, 0) is 59.6 Å². The number of carbonyl (C=O) groups excluding carboxylic acids is 1. The molecule has 1 aliphatic rings. The maximum Gasteiger partial charge on any atom is 0.410 e. The number of nitrogen functional groups attached to an aromatic ring is 1. The summed E-state index contributed by atoms with van der Waals surface area (Å²) in [5, 5.41) is 3.29. The molecule has 2 aromatic heterocycles. The van der Waals surface area contributed by atoms with Crippen LogP contribution in [0.4, 0.5) is 20.8 Å². The molecule has 11 heteroatoms. The fourth-order valence-electron chi connectivity index (χ4n) is 4.18. The molecule has 0 unspecified atom stereocenters. The van der Waals surface area contributed by atoms with Crippen molar-refractivity contribution in [3.8, 4) is 11.3 Å². The summed E-state index contributed by atoms with van der Waals surface area (Å²) in [4.78, 5) is 41.0. The van der Waals surface area contributed by atoms with E-state index in [1.165, 1.54) is 22.9 Å². The molecule has 1 aromatic carbocycles. The van der Waals surface area contributed by atoms with E-state index in [0.717, 1.165) is 12.8 Å². The number of nitrogens with one attached hydrogen (secondary N) is 1. The summed E-state index contributed by atoms with van der Waals surface area (Å²) in [6, 6.07) is 3.86. The molecule has 0 bridgehead atoms. The molecule has 4 rings (SSSR count). The van der Waals surface area contributed by atoms with Crippen LogP contribution in [0, 0.1) is 5.82 Å². The van der Waals surface area contributed by atoms with E-state index in [-0.39, 0.29) is 35.1 Å². The SMILES string of the molecule is CC(C)n1c(=O)c(-c2ccc(N)c(F)c2)nc2cnc(N[C@H]3CCCN(C(=O)OC(C)(C)C)C3)nc21. The highest BCUT2D eigenvalue weighted by molar-refractivity contribution is 5.75. The van der Waals surface area contributed by atoms with Gasteiger partial charge in [-0.25, -0.2) is 19.2 Å². The molecule has 3 aromatic rings. The highest BCUT2D eigenvalue weighted by Gasteiger charge is 2.28. The Morgan fingerprint density at radius 3 is 2.69 bits per heavy atom. The quantitative estimate of drug-likeness (QED) is 0.518. The molecule has 1 fully saturated rings. The van der Waals surface area contributed by atoms with Gasteiger partial charge in [-0.2, -0.15) is 4.98 Å². The zero-order chi connectivity index (χ0) is 26.2. The van der Waals surface area contributed by atoms with Crippen molar-refractivity contribution in [1.29, 1.82) is 0 Å². The van der Waals surface area contributed by atoms with Gasteiger partial charge in [0.15, 0.2) is 5.65 Å². The summed E-state index contributed by atoms with van der Waals surface area (Å²) in [6.45, 7) is 10.3. The predicted molar refractivity (Wildman–Crippen MR) is 136 cm³/mol. The Morgan fingerprint density at radius 1 is 1.28 bits per heavy atom. The molecule has 3 N–H and O–H groups in total. The first-order valence-corrected chi connectivity index (χ1v) is 12.0. The predicted octanol–water partition coefficient (Wildman–Crippen LogP) is 3.97. The number of ether oxygens (including phenoxy) is 1. The first-order valence-electron chi connectivity index (χ1n) is 12.0. The van der Waals surface area contributed by atoms with Crippen molar-refractivity contribution < 1.29 is 13.9 Å². The van der Waals surface area contributed by atoms with Crippen LogP contribution < -0.4 is 16.6 Å². The Hall–Kier alpha value is -3.76. The Labute approximate surface area is 208 Å². The smallest absolute Gasteiger partial charge is 0.410 e. The van der Waals surface area contributed by atoms with Crippen molar-refractivity contribution in [2.45, 2.75) is 65.1 Å². The van der Waals surface area contributed by atoms with Crippen LogP contribution >= 0.6 is 0 Å². The van der Waals surface area contributed by atoms with Gasteiger partial charge in [0.05, 0.1) is 11.9 Å². The molecule has 1 amide bonds. The van der Waals surface area contributed by atoms with Crippen molar-refractivity contribution in [1.82, 2.24) is 24.4 Å². The Bertz CT molecular complexity index is 1350. The number of hydrogen-bond acceptors (Lipinski definition) is 8. The molecule has 0 saturated carbocycles. The van der Waals surface area contributed by atoms with Gasteiger partial charge in [-0.3, -0.25) is 9.36 Å². The number of anilines is 2. The number of rotatable bonds is 4. The largest absolute Gasteiger partial charge is 0.444 e. The van der Waals surface area contributed by atoms with Crippen LogP contribution in [0.1, 0.15) is 53.5 Å². The fraction of sp³-hybridized carbons (Fsp3) is 0.480. The molecule has 0 radical (unpaired) electrons. The van der Waals surface area contributed by atoms with Crippen LogP contribution in [0.2, 0.25) is 0 Å². The van der Waals surface area contributed by atoms with E-state index >= 15 is 0 Å². The number of likely N-dealkylation sites (tertiary alicyclic amines) is 1. The number of hydrogen-bond donors (Lipinski definition) is 2. The van der Waals surface area contributed by atoms with Crippen molar-refractivity contribution in [3.63, 3.8) is 0 Å². The molecule has 3 heterocycles. The molecular weight excluding hydrogens is 465 g/mol. The van der Waals surface area contributed by atoms with Crippen molar-refractivity contribution >= 4 is 28.9 Å². The summed E-state index contributed by atoms with van der Waals surface area (Å²) < 4.78 is 21.1. The normalized spacial score (nSPS) is 16.4. The molecular formula is C25H32FN7O3. The van der Waals surface area contributed by atoms with Crippen LogP contribution in [0.5, 0.6) is 0 Å². The highest BCUT2D eigenvalue weighted by Crippen LogP contribution is 2.23. The zero-order valence-electron chi connectivity index (χ0n) is 21.2.